The van der Waals surface area contributed by atoms with Gasteiger partial charge in [0, 0.05) is 7.05 Å². The molecule has 1 aromatic rings. The molecule has 0 bridgehead atoms. The Morgan fingerprint density at radius 1 is 1.62 bits per heavy atom. The summed E-state index contributed by atoms with van der Waals surface area (Å²) in [6.45, 7) is 3.47. The number of hydrogen-bond donors (Lipinski definition) is 0. The number of carbonyl (C=O) groups excluding carboxylic acids is 1. The summed E-state index contributed by atoms with van der Waals surface area (Å²) < 4.78 is 10.6. The molecule has 72 valence electrons. The molecule has 0 aliphatic heterocycles. The van der Waals surface area contributed by atoms with Gasteiger partial charge in [0.15, 0.2) is 5.56 Å². The van der Waals surface area contributed by atoms with Crippen molar-refractivity contribution in [2.75, 3.05) is 6.61 Å². The van der Waals surface area contributed by atoms with Gasteiger partial charge in [-0.25, -0.2) is 4.79 Å². The number of nitrogens with zero attached hydrogens (tertiary/aromatic N) is 1. The highest BCUT2D eigenvalue weighted by Gasteiger charge is 2.20. The summed E-state index contributed by atoms with van der Waals surface area (Å²) in [5.41, 5.74) is -0.486. The molecule has 0 unspecified atom stereocenters. The SMILES string of the molecule is CCOC(=O)c1c(C)on(C)c1=O. The van der Waals surface area contributed by atoms with E-state index in [-0.39, 0.29) is 17.9 Å². The Morgan fingerprint density at radius 3 is 2.62 bits per heavy atom. The molecule has 0 fully saturated rings. The highest BCUT2D eigenvalue weighted by atomic mass is 16.5. The van der Waals surface area contributed by atoms with Gasteiger partial charge in [-0.15, -0.1) is 0 Å². The van der Waals surface area contributed by atoms with Crippen molar-refractivity contribution in [3.8, 4) is 0 Å². The van der Waals surface area contributed by atoms with Gasteiger partial charge in [0.1, 0.15) is 5.76 Å². The summed E-state index contributed by atoms with van der Waals surface area (Å²) >= 11 is 0. The second kappa shape index (κ2) is 3.47. The smallest absolute Gasteiger partial charge is 0.347 e. The van der Waals surface area contributed by atoms with Crippen molar-refractivity contribution in [1.82, 2.24) is 4.74 Å². The summed E-state index contributed by atoms with van der Waals surface area (Å²) in [7, 11) is 1.44. The molecule has 0 radical (unpaired) electrons. The molecule has 5 nitrogen and oxygen atoms in total. The van der Waals surface area contributed by atoms with Crippen LogP contribution in [0.4, 0.5) is 0 Å². The number of hydrogen-bond acceptors (Lipinski definition) is 4. The van der Waals surface area contributed by atoms with Crippen molar-refractivity contribution in [3.05, 3.63) is 21.7 Å². The van der Waals surface area contributed by atoms with Gasteiger partial charge >= 0.3 is 5.97 Å². The Balaban J connectivity index is 3.14. The largest absolute Gasteiger partial charge is 0.462 e. The number of esters is 1. The predicted molar refractivity (Wildman–Crippen MR) is 44.6 cm³/mol. The third-order valence-corrected chi connectivity index (χ3v) is 1.61. The predicted octanol–water partition coefficient (Wildman–Crippen LogP) is 0.463. The zero-order valence-corrected chi connectivity index (χ0v) is 7.79. The number of aryl methyl sites for hydroxylation is 2. The van der Waals surface area contributed by atoms with Gasteiger partial charge < -0.3 is 9.26 Å². The number of carbonyl (C=O) groups is 1. The van der Waals surface area contributed by atoms with Crippen LogP contribution in [0.3, 0.4) is 0 Å². The monoisotopic (exact) mass is 185 g/mol. The van der Waals surface area contributed by atoms with Crippen molar-refractivity contribution in [3.63, 3.8) is 0 Å². The van der Waals surface area contributed by atoms with Crippen LogP contribution in [0.5, 0.6) is 0 Å². The van der Waals surface area contributed by atoms with Crippen molar-refractivity contribution in [2.24, 2.45) is 7.05 Å². The summed E-state index contributed by atoms with van der Waals surface area (Å²) in [5, 5.41) is 0. The molecule has 1 rings (SSSR count). The van der Waals surface area contributed by atoms with Crippen LogP contribution >= 0.6 is 0 Å². The van der Waals surface area contributed by atoms with Gasteiger partial charge in [-0.3, -0.25) is 4.79 Å². The Bertz CT molecular complexity index is 374. The van der Waals surface area contributed by atoms with Gasteiger partial charge in [-0.05, 0) is 13.8 Å². The summed E-state index contributed by atoms with van der Waals surface area (Å²) in [4.78, 5) is 22.5. The van der Waals surface area contributed by atoms with Gasteiger partial charge in [0.2, 0.25) is 0 Å². The lowest BCUT2D eigenvalue weighted by molar-refractivity contribution is 0.0523. The van der Waals surface area contributed by atoms with E-state index in [2.05, 4.69) is 0 Å². The molecule has 0 N–H and O–H groups in total. The van der Waals surface area contributed by atoms with Gasteiger partial charge in [0.05, 0.1) is 6.61 Å². The topological polar surface area (TPSA) is 61.4 Å². The normalized spacial score (nSPS) is 10.1. The maximum Gasteiger partial charge on any atom is 0.347 e. The minimum absolute atomic E-state index is 0.0237. The molecule has 0 spiro atoms. The summed E-state index contributed by atoms with van der Waals surface area (Å²) in [6, 6.07) is 0. The van der Waals surface area contributed by atoms with Crippen LogP contribution < -0.4 is 5.56 Å². The lowest BCUT2D eigenvalue weighted by Crippen LogP contribution is -2.20. The van der Waals surface area contributed by atoms with Crippen molar-refractivity contribution >= 4 is 5.97 Å². The fourth-order valence-electron chi connectivity index (χ4n) is 1.03. The zero-order valence-electron chi connectivity index (χ0n) is 7.79. The molecule has 0 aliphatic carbocycles. The molecular formula is C8H11NO4. The zero-order chi connectivity index (χ0) is 10.0. The quantitative estimate of drug-likeness (QED) is 0.628. The van der Waals surface area contributed by atoms with Crippen molar-refractivity contribution in [1.29, 1.82) is 0 Å². The third-order valence-electron chi connectivity index (χ3n) is 1.61. The van der Waals surface area contributed by atoms with Gasteiger partial charge in [0.25, 0.3) is 5.56 Å². The van der Waals surface area contributed by atoms with Gasteiger partial charge in [-0.2, -0.15) is 4.74 Å². The van der Waals surface area contributed by atoms with E-state index in [1.807, 2.05) is 0 Å². The first-order valence-corrected chi connectivity index (χ1v) is 3.92. The molecule has 0 aromatic carbocycles. The van der Waals surface area contributed by atoms with Crippen LogP contribution in [0, 0.1) is 6.92 Å². The van der Waals surface area contributed by atoms with Crippen molar-refractivity contribution < 1.29 is 14.1 Å². The maximum absolute atomic E-state index is 11.3. The van der Waals surface area contributed by atoms with Crippen LogP contribution in [-0.2, 0) is 11.8 Å². The van der Waals surface area contributed by atoms with Crippen LogP contribution in [-0.4, -0.2) is 17.3 Å². The van der Waals surface area contributed by atoms with E-state index in [0.29, 0.717) is 0 Å². The van der Waals surface area contributed by atoms with E-state index in [4.69, 9.17) is 9.26 Å². The Kier molecular flexibility index (Phi) is 2.55. The highest BCUT2D eigenvalue weighted by Crippen LogP contribution is 2.03. The average Bonchev–Trinajstić information content (AvgIpc) is 2.27. The first-order chi connectivity index (χ1) is 6.07. The number of aromatic nitrogens is 1. The molecule has 5 heteroatoms. The Morgan fingerprint density at radius 2 is 2.23 bits per heavy atom. The van der Waals surface area contributed by atoms with Crippen molar-refractivity contribution in [2.45, 2.75) is 13.8 Å². The molecule has 0 saturated heterocycles. The second-order valence-corrected chi connectivity index (χ2v) is 2.55. The maximum atomic E-state index is 11.3. The fourth-order valence-corrected chi connectivity index (χ4v) is 1.03. The van der Waals surface area contributed by atoms with Crippen LogP contribution in [0.1, 0.15) is 23.0 Å². The lowest BCUT2D eigenvalue weighted by Gasteiger charge is -1.96. The number of rotatable bonds is 2. The van der Waals surface area contributed by atoms with E-state index in [1.165, 1.54) is 7.05 Å². The number of ether oxygens (including phenoxy) is 1. The van der Waals surface area contributed by atoms with Crippen LogP contribution in [0.2, 0.25) is 0 Å². The summed E-state index contributed by atoms with van der Waals surface area (Å²) in [5.74, 6) is -0.347. The molecule has 0 atom stereocenters. The third kappa shape index (κ3) is 1.63. The summed E-state index contributed by atoms with van der Waals surface area (Å²) in [6.07, 6.45) is 0. The van der Waals surface area contributed by atoms with E-state index < -0.39 is 11.5 Å². The Labute approximate surface area is 74.9 Å². The van der Waals surface area contributed by atoms with E-state index >= 15 is 0 Å². The van der Waals surface area contributed by atoms with Crippen LogP contribution in [0.15, 0.2) is 9.32 Å². The molecule has 1 heterocycles. The van der Waals surface area contributed by atoms with Gasteiger partial charge in [-0.1, -0.05) is 0 Å². The standard InChI is InChI=1S/C8H11NO4/c1-4-12-8(11)6-5(2)13-9(3)7(6)10/h4H2,1-3H3. The first kappa shape index (κ1) is 9.57. The average molecular weight is 185 g/mol. The first-order valence-electron chi connectivity index (χ1n) is 3.92. The molecule has 13 heavy (non-hydrogen) atoms. The molecule has 0 aliphatic rings. The molecular weight excluding hydrogens is 174 g/mol. The van der Waals surface area contributed by atoms with E-state index in [0.717, 1.165) is 4.74 Å². The highest BCUT2D eigenvalue weighted by molar-refractivity contribution is 5.89. The van der Waals surface area contributed by atoms with E-state index in [9.17, 15) is 9.59 Å². The fraction of sp³-hybridized carbons (Fsp3) is 0.500. The lowest BCUT2D eigenvalue weighted by atomic mass is 10.3. The molecule has 0 amide bonds. The molecule has 0 saturated carbocycles. The van der Waals surface area contributed by atoms with E-state index in [1.54, 1.807) is 13.8 Å². The Hall–Kier alpha value is -1.52. The minimum Gasteiger partial charge on any atom is -0.462 e. The van der Waals surface area contributed by atoms with Crippen LogP contribution in [0.25, 0.3) is 0 Å². The second-order valence-electron chi connectivity index (χ2n) is 2.55. The molecule has 1 aromatic heterocycles. The minimum atomic E-state index is -0.630.